The fraction of sp³-hybridized carbons (Fsp3) is 0.692. The summed E-state index contributed by atoms with van der Waals surface area (Å²) in [4.78, 5) is 15.8. The predicted octanol–water partition coefficient (Wildman–Crippen LogP) is 3.63. The largest absolute Gasteiger partial charge is 0.469 e. The highest BCUT2D eigenvalue weighted by Crippen LogP contribution is 2.28. The van der Waals surface area contributed by atoms with Gasteiger partial charge < -0.3 is 4.74 Å². The van der Waals surface area contributed by atoms with Crippen molar-refractivity contribution in [1.82, 2.24) is 4.98 Å². The number of nitrogens with zero attached hydrogens (tertiary/aromatic N) is 1. The molecule has 0 saturated heterocycles. The summed E-state index contributed by atoms with van der Waals surface area (Å²) in [5.74, 6) is 0.703. The summed E-state index contributed by atoms with van der Waals surface area (Å²) in [6.07, 6.45) is 0.456. The van der Waals surface area contributed by atoms with Crippen LogP contribution in [-0.2, 0) is 20.7 Å². The average molecular weight is 287 g/mol. The second kappa shape index (κ2) is 6.57. The molecule has 0 aliphatic carbocycles. The third kappa shape index (κ3) is 4.98. The molecule has 0 fully saturated rings. The number of rotatable bonds is 5. The summed E-state index contributed by atoms with van der Waals surface area (Å²) in [5, 5.41) is 3.54. The minimum atomic E-state index is -0.149. The van der Waals surface area contributed by atoms with E-state index in [4.69, 9.17) is 0 Å². The maximum Gasteiger partial charge on any atom is 0.306 e. The Morgan fingerprint density at radius 1 is 1.56 bits per heavy atom. The topological polar surface area (TPSA) is 39.2 Å². The summed E-state index contributed by atoms with van der Waals surface area (Å²) in [5.41, 5.74) is 1.22. The Hall–Kier alpha value is -0.550. The van der Waals surface area contributed by atoms with E-state index < -0.39 is 0 Å². The summed E-state index contributed by atoms with van der Waals surface area (Å²) >= 11 is 3.45. The Labute approximate surface area is 117 Å². The molecule has 1 aromatic heterocycles. The first-order chi connectivity index (χ1) is 8.32. The third-order valence-electron chi connectivity index (χ3n) is 2.39. The summed E-state index contributed by atoms with van der Waals surface area (Å²) in [7, 11) is 1.43. The van der Waals surface area contributed by atoms with Gasteiger partial charge in [-0.15, -0.1) is 11.3 Å². The van der Waals surface area contributed by atoms with E-state index in [1.807, 2.05) is 6.92 Å². The normalized spacial score (nSPS) is 13.4. The monoisotopic (exact) mass is 287 g/mol. The number of hydrogen-bond acceptors (Lipinski definition) is 5. The van der Waals surface area contributed by atoms with Crippen molar-refractivity contribution in [3.8, 4) is 0 Å². The van der Waals surface area contributed by atoms with Gasteiger partial charge in [-0.1, -0.05) is 27.7 Å². The highest BCUT2D eigenvalue weighted by atomic mass is 32.2. The predicted molar refractivity (Wildman–Crippen MR) is 78.2 cm³/mol. The lowest BCUT2D eigenvalue weighted by atomic mass is 9.98. The first-order valence-electron chi connectivity index (χ1n) is 5.96. The van der Waals surface area contributed by atoms with Crippen LogP contribution in [0.25, 0.3) is 0 Å². The van der Waals surface area contributed by atoms with Crippen LogP contribution in [0.3, 0.4) is 0 Å². The molecule has 0 radical (unpaired) electrons. The Balaban J connectivity index is 2.44. The lowest BCUT2D eigenvalue weighted by Gasteiger charge is -2.13. The molecule has 3 nitrogen and oxygen atoms in total. The number of thioether (sulfide) groups is 1. The van der Waals surface area contributed by atoms with Gasteiger partial charge in [0, 0.05) is 21.8 Å². The van der Waals surface area contributed by atoms with Crippen molar-refractivity contribution in [1.29, 1.82) is 0 Å². The Bertz CT molecular complexity index is 396. The highest BCUT2D eigenvalue weighted by Gasteiger charge is 2.18. The zero-order chi connectivity index (χ0) is 13.8. The standard InChI is InChI=1S/C13H21NO2S2/c1-9(6-11(15)16-5)17-7-10-8-18-12(14-10)13(2,3)4/h8-9H,6-7H2,1-5H3. The third-order valence-corrected chi connectivity index (χ3v) is 4.91. The van der Waals surface area contributed by atoms with Crippen LogP contribution in [0.5, 0.6) is 0 Å². The second-order valence-corrected chi connectivity index (χ2v) is 7.58. The Kier molecular flexibility index (Phi) is 5.66. The molecular weight excluding hydrogens is 266 g/mol. The van der Waals surface area contributed by atoms with Crippen LogP contribution >= 0.6 is 23.1 Å². The number of hydrogen-bond donors (Lipinski definition) is 0. The fourth-order valence-electron chi connectivity index (χ4n) is 1.32. The Morgan fingerprint density at radius 2 is 2.22 bits per heavy atom. The molecule has 1 rings (SSSR count). The molecule has 0 spiro atoms. The lowest BCUT2D eigenvalue weighted by Crippen LogP contribution is -2.11. The van der Waals surface area contributed by atoms with Gasteiger partial charge in [0.25, 0.3) is 0 Å². The number of ether oxygens (including phenoxy) is 1. The molecule has 0 aliphatic heterocycles. The molecule has 1 unspecified atom stereocenters. The van der Waals surface area contributed by atoms with E-state index in [0.717, 1.165) is 11.4 Å². The van der Waals surface area contributed by atoms with E-state index in [1.165, 1.54) is 12.1 Å². The molecule has 0 bridgehead atoms. The number of carbonyl (C=O) groups is 1. The van der Waals surface area contributed by atoms with Crippen molar-refractivity contribution < 1.29 is 9.53 Å². The molecule has 5 heteroatoms. The molecule has 18 heavy (non-hydrogen) atoms. The SMILES string of the molecule is COC(=O)CC(C)SCc1csc(C(C)(C)C)n1. The van der Waals surface area contributed by atoms with E-state index in [1.54, 1.807) is 23.1 Å². The summed E-state index contributed by atoms with van der Waals surface area (Å²) in [6.45, 7) is 8.55. The molecule has 0 aromatic carbocycles. The number of thiazole rings is 1. The first-order valence-corrected chi connectivity index (χ1v) is 7.89. The van der Waals surface area contributed by atoms with Crippen LogP contribution in [0.1, 0.15) is 44.8 Å². The maximum absolute atomic E-state index is 11.1. The van der Waals surface area contributed by atoms with Crippen LogP contribution in [0, 0.1) is 0 Å². The number of carbonyl (C=O) groups excluding carboxylic acids is 1. The number of aromatic nitrogens is 1. The van der Waals surface area contributed by atoms with Gasteiger partial charge in [0.1, 0.15) is 0 Å². The van der Waals surface area contributed by atoms with Crippen molar-refractivity contribution in [3.63, 3.8) is 0 Å². The van der Waals surface area contributed by atoms with Crippen molar-refractivity contribution >= 4 is 29.1 Å². The van der Waals surface area contributed by atoms with Gasteiger partial charge in [-0.05, 0) is 0 Å². The van der Waals surface area contributed by atoms with Gasteiger partial charge in [0.05, 0.1) is 24.2 Å². The smallest absolute Gasteiger partial charge is 0.306 e. The van der Waals surface area contributed by atoms with Crippen LogP contribution in [0.15, 0.2) is 5.38 Å². The highest BCUT2D eigenvalue weighted by molar-refractivity contribution is 7.99. The Morgan fingerprint density at radius 3 is 2.72 bits per heavy atom. The number of methoxy groups -OCH3 is 1. The van der Waals surface area contributed by atoms with Crippen LogP contribution in [0.4, 0.5) is 0 Å². The zero-order valence-corrected chi connectivity index (χ0v) is 13.3. The van der Waals surface area contributed by atoms with Gasteiger partial charge in [0.2, 0.25) is 0 Å². The first kappa shape index (κ1) is 15.5. The van der Waals surface area contributed by atoms with E-state index >= 15 is 0 Å². The zero-order valence-electron chi connectivity index (χ0n) is 11.6. The van der Waals surface area contributed by atoms with Crippen molar-refractivity contribution in [2.75, 3.05) is 7.11 Å². The van der Waals surface area contributed by atoms with Gasteiger partial charge in [0.15, 0.2) is 0 Å². The quantitative estimate of drug-likeness (QED) is 0.775. The van der Waals surface area contributed by atoms with Gasteiger partial charge >= 0.3 is 5.97 Å². The van der Waals surface area contributed by atoms with Crippen molar-refractivity contribution in [2.45, 2.75) is 50.5 Å². The summed E-state index contributed by atoms with van der Waals surface area (Å²) < 4.78 is 4.66. The van der Waals surface area contributed by atoms with Gasteiger partial charge in [-0.3, -0.25) is 4.79 Å². The second-order valence-electron chi connectivity index (χ2n) is 5.30. The van der Waals surface area contributed by atoms with Gasteiger partial charge in [-0.25, -0.2) is 4.98 Å². The molecule has 102 valence electrons. The molecular formula is C13H21NO2S2. The summed E-state index contributed by atoms with van der Waals surface area (Å²) in [6, 6.07) is 0. The van der Waals surface area contributed by atoms with E-state index in [9.17, 15) is 4.79 Å². The van der Waals surface area contributed by atoms with Gasteiger partial charge in [-0.2, -0.15) is 11.8 Å². The van der Waals surface area contributed by atoms with Crippen LogP contribution < -0.4 is 0 Å². The molecule has 0 aliphatic rings. The average Bonchev–Trinajstić information content (AvgIpc) is 2.74. The molecule has 1 heterocycles. The fourth-order valence-corrected chi connectivity index (χ4v) is 3.19. The van der Waals surface area contributed by atoms with E-state index in [0.29, 0.717) is 6.42 Å². The lowest BCUT2D eigenvalue weighted by molar-refractivity contribution is -0.140. The minimum absolute atomic E-state index is 0.116. The van der Waals surface area contributed by atoms with Crippen LogP contribution in [0.2, 0.25) is 0 Å². The maximum atomic E-state index is 11.1. The molecule has 1 aromatic rings. The minimum Gasteiger partial charge on any atom is -0.469 e. The molecule has 0 amide bonds. The van der Waals surface area contributed by atoms with E-state index in [2.05, 4.69) is 35.9 Å². The molecule has 0 saturated carbocycles. The van der Waals surface area contributed by atoms with Crippen LogP contribution in [-0.4, -0.2) is 23.3 Å². The molecule has 0 N–H and O–H groups in total. The molecule has 1 atom stereocenters. The van der Waals surface area contributed by atoms with Crippen molar-refractivity contribution in [3.05, 3.63) is 16.1 Å². The van der Waals surface area contributed by atoms with E-state index in [-0.39, 0.29) is 16.6 Å². The van der Waals surface area contributed by atoms with Crippen molar-refractivity contribution in [2.24, 2.45) is 0 Å². The number of esters is 1.